The zero-order valence-electron chi connectivity index (χ0n) is 14.9. The van der Waals surface area contributed by atoms with E-state index in [0.29, 0.717) is 18.0 Å². The second kappa shape index (κ2) is 7.31. The zero-order valence-corrected chi connectivity index (χ0v) is 18.1. The van der Waals surface area contributed by atoms with E-state index in [-0.39, 0.29) is 11.9 Å². The van der Waals surface area contributed by atoms with Gasteiger partial charge in [-0.25, -0.2) is 9.78 Å². The van der Waals surface area contributed by atoms with Crippen molar-refractivity contribution in [3.8, 4) is 10.6 Å². The maximum atomic E-state index is 12.0. The van der Waals surface area contributed by atoms with Crippen molar-refractivity contribution in [1.29, 1.82) is 0 Å². The molecule has 2 amide bonds. The second-order valence-corrected chi connectivity index (χ2v) is 9.37. The summed E-state index contributed by atoms with van der Waals surface area (Å²) < 4.78 is 2.00. The van der Waals surface area contributed by atoms with Gasteiger partial charge in [0.1, 0.15) is 10.0 Å². The fourth-order valence-electron chi connectivity index (χ4n) is 3.38. The van der Waals surface area contributed by atoms with Crippen LogP contribution in [0.5, 0.6) is 0 Å². The number of thiazole rings is 1. The Morgan fingerprint density at radius 3 is 2.93 bits per heavy atom. The average Bonchev–Trinajstić information content (AvgIpc) is 3.22. The molecule has 0 aliphatic carbocycles. The molecule has 0 spiro atoms. The zero-order chi connectivity index (χ0) is 20.0. The van der Waals surface area contributed by atoms with Crippen LogP contribution in [0.3, 0.4) is 0 Å². The first kappa shape index (κ1) is 19.1. The van der Waals surface area contributed by atoms with Gasteiger partial charge in [-0.1, -0.05) is 22.5 Å². The number of carbonyl (C=O) groups excluding carboxylic acids is 1. The topological polar surface area (TPSA) is 82.5 Å². The molecule has 0 saturated carbocycles. The van der Waals surface area contributed by atoms with E-state index >= 15 is 0 Å². The van der Waals surface area contributed by atoms with Gasteiger partial charge in [0.25, 0.3) is 0 Å². The van der Waals surface area contributed by atoms with Crippen molar-refractivity contribution in [1.82, 2.24) is 9.88 Å². The molecule has 2 N–H and O–H groups in total. The number of fused-ring (bicyclic) bond motifs is 2. The first-order valence-electron chi connectivity index (χ1n) is 8.54. The highest BCUT2D eigenvalue weighted by atomic mass is 79.9. The summed E-state index contributed by atoms with van der Waals surface area (Å²) >= 11 is 6.45. The molecule has 1 aliphatic rings. The lowest BCUT2D eigenvalue weighted by Gasteiger charge is -2.31. The van der Waals surface area contributed by atoms with E-state index in [0.717, 1.165) is 35.7 Å². The molecular formula is C19H16BrN3O3S2. The number of amides is 2. The lowest BCUT2D eigenvalue weighted by Crippen LogP contribution is -2.37. The summed E-state index contributed by atoms with van der Waals surface area (Å²) in [6.07, 6.45) is 0.876. The van der Waals surface area contributed by atoms with Crippen LogP contribution in [-0.4, -0.2) is 33.5 Å². The lowest BCUT2D eigenvalue weighted by molar-refractivity contribution is -0.111. The third-order valence-electron chi connectivity index (χ3n) is 4.72. The van der Waals surface area contributed by atoms with Crippen molar-refractivity contribution >= 4 is 65.8 Å². The number of hydrogen-bond acceptors (Lipinski definition) is 5. The van der Waals surface area contributed by atoms with E-state index in [1.54, 1.807) is 11.3 Å². The molecule has 144 valence electrons. The normalized spacial score (nSPS) is 16.1. The van der Waals surface area contributed by atoms with Gasteiger partial charge in [0, 0.05) is 21.5 Å². The Kier molecular flexibility index (Phi) is 4.98. The summed E-state index contributed by atoms with van der Waals surface area (Å²) in [5, 5.41) is 13.9. The van der Waals surface area contributed by atoms with Crippen LogP contribution in [0.2, 0.25) is 0 Å². The molecule has 3 heterocycles. The minimum absolute atomic E-state index is 0.275. The Morgan fingerprint density at radius 1 is 1.43 bits per heavy atom. The summed E-state index contributed by atoms with van der Waals surface area (Å²) in [4.78, 5) is 30.7. The van der Waals surface area contributed by atoms with E-state index in [4.69, 9.17) is 4.98 Å². The maximum Gasteiger partial charge on any atom is 0.407 e. The standard InChI is InChI=1S/C19H16BrN3O3S2/c1-3-14(24)22-18-15(17-21-12-8-10(20)4-5-13(12)27-17)11-6-7-23(19(25)26)9(2)16(11)28-18/h3-5,8-9H,1,6-7H2,2H3,(H,22,24)(H,25,26)/t9-/m1/s1. The average molecular weight is 478 g/mol. The Labute approximate surface area is 177 Å². The van der Waals surface area contributed by atoms with Crippen molar-refractivity contribution in [3.05, 3.63) is 45.8 Å². The molecule has 0 bridgehead atoms. The largest absolute Gasteiger partial charge is 0.465 e. The van der Waals surface area contributed by atoms with Crippen LogP contribution in [0.25, 0.3) is 20.8 Å². The number of thiophene rings is 1. The first-order valence-corrected chi connectivity index (χ1v) is 11.0. The number of carboxylic acid groups (broad SMARTS) is 1. The predicted octanol–water partition coefficient (Wildman–Crippen LogP) is 5.51. The number of carbonyl (C=O) groups is 2. The van der Waals surface area contributed by atoms with Crippen molar-refractivity contribution in [2.75, 3.05) is 11.9 Å². The molecule has 0 saturated heterocycles. The highest BCUT2D eigenvalue weighted by molar-refractivity contribution is 9.10. The minimum atomic E-state index is -0.936. The number of benzene rings is 1. The molecule has 6 nitrogen and oxygen atoms in total. The maximum absolute atomic E-state index is 12.0. The molecular weight excluding hydrogens is 462 g/mol. The fourth-order valence-corrected chi connectivity index (χ4v) is 6.14. The Bertz CT molecular complexity index is 1120. The van der Waals surface area contributed by atoms with Crippen molar-refractivity contribution < 1.29 is 14.7 Å². The number of halogens is 1. The van der Waals surface area contributed by atoms with Gasteiger partial charge in [0.15, 0.2) is 0 Å². The summed E-state index contributed by atoms with van der Waals surface area (Å²) in [6, 6.07) is 5.67. The van der Waals surface area contributed by atoms with Crippen LogP contribution < -0.4 is 5.32 Å². The van der Waals surface area contributed by atoms with Gasteiger partial charge in [-0.3, -0.25) is 4.79 Å². The number of aromatic nitrogens is 1. The molecule has 0 radical (unpaired) electrons. The summed E-state index contributed by atoms with van der Waals surface area (Å²) in [7, 11) is 0. The molecule has 3 aromatic rings. The van der Waals surface area contributed by atoms with Crippen LogP contribution in [0.15, 0.2) is 35.3 Å². The number of anilines is 1. The number of nitrogens with one attached hydrogen (secondary N) is 1. The third-order valence-corrected chi connectivity index (χ3v) is 7.58. The van der Waals surface area contributed by atoms with Gasteiger partial charge in [-0.15, -0.1) is 22.7 Å². The highest BCUT2D eigenvalue weighted by Crippen LogP contribution is 2.48. The van der Waals surface area contributed by atoms with E-state index in [2.05, 4.69) is 27.8 Å². The molecule has 28 heavy (non-hydrogen) atoms. The second-order valence-electron chi connectivity index (χ2n) is 6.38. The number of rotatable bonds is 3. The van der Waals surface area contributed by atoms with Gasteiger partial charge in [0.05, 0.1) is 16.3 Å². The van der Waals surface area contributed by atoms with Crippen LogP contribution in [-0.2, 0) is 11.2 Å². The van der Waals surface area contributed by atoms with Crippen molar-refractivity contribution in [3.63, 3.8) is 0 Å². The van der Waals surface area contributed by atoms with Crippen LogP contribution in [0.4, 0.5) is 9.80 Å². The van der Waals surface area contributed by atoms with Crippen LogP contribution >= 0.6 is 38.6 Å². The fraction of sp³-hybridized carbons (Fsp3) is 0.211. The monoisotopic (exact) mass is 477 g/mol. The van der Waals surface area contributed by atoms with Crippen LogP contribution in [0.1, 0.15) is 23.4 Å². The molecule has 2 aromatic heterocycles. The lowest BCUT2D eigenvalue weighted by atomic mass is 9.99. The van der Waals surface area contributed by atoms with E-state index < -0.39 is 6.09 Å². The summed E-state index contributed by atoms with van der Waals surface area (Å²) in [5.74, 6) is -0.300. The van der Waals surface area contributed by atoms with Crippen molar-refractivity contribution in [2.24, 2.45) is 0 Å². The molecule has 0 unspecified atom stereocenters. The van der Waals surface area contributed by atoms with E-state index in [9.17, 15) is 14.7 Å². The molecule has 9 heteroatoms. The first-order chi connectivity index (χ1) is 13.4. The Morgan fingerprint density at radius 2 is 2.21 bits per heavy atom. The quantitative estimate of drug-likeness (QED) is 0.487. The van der Waals surface area contributed by atoms with E-state index in [1.807, 2.05) is 25.1 Å². The molecule has 4 rings (SSSR count). The van der Waals surface area contributed by atoms with Gasteiger partial charge in [-0.05, 0) is 43.2 Å². The van der Waals surface area contributed by atoms with Gasteiger partial charge >= 0.3 is 6.09 Å². The van der Waals surface area contributed by atoms with Gasteiger partial charge in [0.2, 0.25) is 5.91 Å². The Balaban J connectivity index is 1.89. The van der Waals surface area contributed by atoms with Crippen molar-refractivity contribution in [2.45, 2.75) is 19.4 Å². The minimum Gasteiger partial charge on any atom is -0.465 e. The number of nitrogens with zero attached hydrogens (tertiary/aromatic N) is 2. The Hall–Kier alpha value is -2.23. The smallest absolute Gasteiger partial charge is 0.407 e. The summed E-state index contributed by atoms with van der Waals surface area (Å²) in [5.41, 5.74) is 2.84. The predicted molar refractivity (Wildman–Crippen MR) is 116 cm³/mol. The van der Waals surface area contributed by atoms with Crippen LogP contribution in [0, 0.1) is 0 Å². The molecule has 0 fully saturated rings. The number of hydrogen-bond donors (Lipinski definition) is 2. The molecule has 1 aliphatic heterocycles. The van der Waals surface area contributed by atoms with Gasteiger partial charge < -0.3 is 15.3 Å². The molecule has 1 aromatic carbocycles. The van der Waals surface area contributed by atoms with E-state index in [1.165, 1.54) is 22.3 Å². The third kappa shape index (κ3) is 3.23. The van der Waals surface area contributed by atoms with Gasteiger partial charge in [-0.2, -0.15) is 0 Å². The SMILES string of the molecule is C=CC(=O)Nc1sc2c(c1-c1nc3cc(Br)ccc3s1)CCN(C(=O)O)[C@@H]2C. The molecule has 1 atom stereocenters. The highest BCUT2D eigenvalue weighted by Gasteiger charge is 2.34. The summed E-state index contributed by atoms with van der Waals surface area (Å²) in [6.45, 7) is 5.82.